The monoisotopic (exact) mass is 693 g/mol. The number of hydrogen-bond acceptors (Lipinski definition) is 8. The first kappa shape index (κ1) is 34.9. The maximum Gasteiger partial charge on any atom is 0.493 e. The third kappa shape index (κ3) is 8.55. The molecule has 2 aromatic carbocycles. The Hall–Kier alpha value is -3.42. The normalized spacial score (nSPS) is 19.4. The quantitative estimate of drug-likeness (QED) is 0.255. The summed E-state index contributed by atoms with van der Waals surface area (Å²) in [6, 6.07) is 16.1. The highest BCUT2D eigenvalue weighted by molar-refractivity contribution is 8.00. The van der Waals surface area contributed by atoms with E-state index in [0.717, 1.165) is 30.0 Å². The fourth-order valence-corrected chi connectivity index (χ4v) is 7.27. The van der Waals surface area contributed by atoms with Crippen LogP contribution in [0.1, 0.15) is 46.0 Å². The van der Waals surface area contributed by atoms with Gasteiger partial charge in [0.15, 0.2) is 5.50 Å². The minimum Gasteiger partial charge on any atom is -0.381 e. The summed E-state index contributed by atoms with van der Waals surface area (Å²) in [6.45, 7) is 5.26. The van der Waals surface area contributed by atoms with Crippen LogP contribution >= 0.6 is 23.4 Å². The summed E-state index contributed by atoms with van der Waals surface area (Å²) in [5, 5.41) is 8.54. The van der Waals surface area contributed by atoms with E-state index >= 15 is 0 Å². The zero-order valence-corrected chi connectivity index (χ0v) is 27.8. The van der Waals surface area contributed by atoms with Gasteiger partial charge in [-0.05, 0) is 55.2 Å². The molecule has 2 aromatic rings. The summed E-state index contributed by atoms with van der Waals surface area (Å²) in [5.41, 5.74) is 0.699. The number of halogens is 4. The molecular formula is C33H39ClF3N5O4S. The van der Waals surface area contributed by atoms with Gasteiger partial charge in [0, 0.05) is 60.2 Å². The smallest absolute Gasteiger partial charge is 0.381 e. The van der Waals surface area contributed by atoms with Crippen LogP contribution in [0.3, 0.4) is 0 Å². The number of carbonyl (C=O) groups excluding carboxylic acids is 3. The Morgan fingerprint density at radius 1 is 1.09 bits per heavy atom. The molecule has 0 aromatic heterocycles. The van der Waals surface area contributed by atoms with Crippen molar-refractivity contribution in [1.29, 1.82) is 0 Å². The molecule has 254 valence electrons. The highest BCUT2D eigenvalue weighted by atomic mass is 35.5. The predicted octanol–water partition coefficient (Wildman–Crippen LogP) is 6.18. The molecule has 1 unspecified atom stereocenters. The second-order valence-corrected chi connectivity index (χ2v) is 14.0. The minimum atomic E-state index is -5.23. The molecule has 9 nitrogen and oxygen atoms in total. The molecule has 47 heavy (non-hydrogen) atoms. The molecule has 0 saturated heterocycles. The molecule has 1 saturated carbocycles. The molecule has 2 atom stereocenters. The van der Waals surface area contributed by atoms with Crippen molar-refractivity contribution in [1.82, 2.24) is 15.3 Å². The molecule has 0 spiro atoms. The van der Waals surface area contributed by atoms with E-state index in [9.17, 15) is 27.6 Å². The van der Waals surface area contributed by atoms with E-state index in [0.29, 0.717) is 29.7 Å². The molecule has 1 fully saturated rings. The molecule has 0 bridgehead atoms. The van der Waals surface area contributed by atoms with E-state index < -0.39 is 23.6 Å². The van der Waals surface area contributed by atoms with Crippen LogP contribution in [0.2, 0.25) is 5.02 Å². The molecule has 1 aliphatic carbocycles. The number of hydrogen-bond donors (Lipinski definition) is 2. The maximum absolute atomic E-state index is 14.1. The highest BCUT2D eigenvalue weighted by Gasteiger charge is 2.50. The number of carbonyl (C=O) groups is 3. The summed E-state index contributed by atoms with van der Waals surface area (Å²) in [5.74, 6) is -2.68. The number of benzene rings is 2. The number of alkyl halides is 3. The van der Waals surface area contributed by atoms with Gasteiger partial charge < -0.3 is 20.4 Å². The second kappa shape index (κ2) is 15.2. The molecule has 2 N–H and O–H groups in total. The lowest BCUT2D eigenvalue weighted by Crippen LogP contribution is -2.59. The van der Waals surface area contributed by atoms with Gasteiger partial charge in [0.2, 0.25) is 5.91 Å². The average Bonchev–Trinajstić information content (AvgIpc) is 3.02. The Bertz CT molecular complexity index is 1460. The Balaban J connectivity index is 1.29. The predicted molar refractivity (Wildman–Crippen MR) is 176 cm³/mol. The first-order chi connectivity index (χ1) is 22.4. The number of rotatable bonds is 12. The molecule has 0 radical (unpaired) electrons. The van der Waals surface area contributed by atoms with Crippen molar-refractivity contribution in [2.45, 2.75) is 68.9 Å². The van der Waals surface area contributed by atoms with Crippen molar-refractivity contribution in [3.8, 4) is 0 Å². The van der Waals surface area contributed by atoms with Crippen LogP contribution in [0.15, 0.2) is 65.9 Å². The minimum absolute atomic E-state index is 0.0656. The molecular weight excluding hydrogens is 655 g/mol. The highest BCUT2D eigenvalue weighted by Crippen LogP contribution is 2.44. The number of nitrogens with zero attached hydrogens (tertiary/aromatic N) is 3. The summed E-state index contributed by atoms with van der Waals surface area (Å²) >= 11 is 7.31. The number of amides is 2. The van der Waals surface area contributed by atoms with Crippen LogP contribution in [-0.2, 0) is 19.2 Å². The van der Waals surface area contributed by atoms with Gasteiger partial charge in [-0.15, -0.1) is 11.8 Å². The summed E-state index contributed by atoms with van der Waals surface area (Å²) in [6.07, 6.45) is -2.34. The van der Waals surface area contributed by atoms with Gasteiger partial charge >= 0.3 is 12.1 Å². The molecule has 2 heterocycles. The number of hydroxylamine groups is 2. The van der Waals surface area contributed by atoms with Crippen molar-refractivity contribution < 1.29 is 32.4 Å². The van der Waals surface area contributed by atoms with Crippen molar-refractivity contribution in [2.24, 2.45) is 5.92 Å². The zero-order valence-electron chi connectivity index (χ0n) is 26.3. The first-order valence-corrected chi connectivity index (χ1v) is 17.1. The van der Waals surface area contributed by atoms with Crippen LogP contribution in [0.5, 0.6) is 0 Å². The molecule has 2 aliphatic heterocycles. The van der Waals surface area contributed by atoms with Gasteiger partial charge in [-0.1, -0.05) is 50.1 Å². The molecule has 5 rings (SSSR count). The number of nitrogens with one attached hydrogen (secondary N) is 2. The van der Waals surface area contributed by atoms with E-state index in [2.05, 4.69) is 24.5 Å². The third-order valence-electron chi connectivity index (χ3n) is 8.53. The average molecular weight is 694 g/mol. The molecule has 3 aliphatic rings. The van der Waals surface area contributed by atoms with E-state index in [-0.39, 0.29) is 54.4 Å². The standard InChI is InChI=1S/C33H39ClF3N5O4S/c1-21(2)27(39-23-13-11-22(34)12-14-23)19-38-17-15-29(43)40-18-16-28-26(20-40)30(44)41(24-7-4-3-5-8-24)32(47-25-9-6-10-25)42(28)46-31(45)33(35,36)37/h3-5,7-8,11-14,21,25,27,32,38-39H,6,9-10,15-20H2,1-2H3/t27-,32?/m1/s1. The number of anilines is 2. The maximum atomic E-state index is 14.1. The van der Waals surface area contributed by atoms with E-state index in [1.807, 2.05) is 24.3 Å². The van der Waals surface area contributed by atoms with Crippen LogP contribution in [0.4, 0.5) is 24.5 Å². The fraction of sp³-hybridized carbons (Fsp3) is 0.485. The van der Waals surface area contributed by atoms with Gasteiger partial charge in [-0.3, -0.25) is 14.5 Å². The molecule has 2 amide bonds. The lowest BCUT2D eigenvalue weighted by atomic mass is 10.00. The molecule has 14 heteroatoms. The van der Waals surface area contributed by atoms with E-state index in [4.69, 9.17) is 16.4 Å². The van der Waals surface area contributed by atoms with Gasteiger partial charge in [0.1, 0.15) is 0 Å². The van der Waals surface area contributed by atoms with Crippen LogP contribution in [0.25, 0.3) is 0 Å². The summed E-state index contributed by atoms with van der Waals surface area (Å²) in [4.78, 5) is 47.6. The van der Waals surface area contributed by atoms with Crippen molar-refractivity contribution in [2.75, 3.05) is 36.4 Å². The van der Waals surface area contributed by atoms with Crippen LogP contribution in [0, 0.1) is 5.92 Å². The summed E-state index contributed by atoms with van der Waals surface area (Å²) in [7, 11) is 0. The largest absolute Gasteiger partial charge is 0.493 e. The lowest BCUT2D eigenvalue weighted by Gasteiger charge is -2.48. The van der Waals surface area contributed by atoms with Gasteiger partial charge in [0.05, 0.1) is 17.8 Å². The number of para-hydroxylation sites is 1. The van der Waals surface area contributed by atoms with E-state index in [1.165, 1.54) is 21.6 Å². The van der Waals surface area contributed by atoms with Gasteiger partial charge in [-0.2, -0.15) is 18.2 Å². The van der Waals surface area contributed by atoms with Gasteiger partial charge in [0.25, 0.3) is 5.91 Å². The fourth-order valence-electron chi connectivity index (χ4n) is 5.58. The van der Waals surface area contributed by atoms with Crippen molar-refractivity contribution >= 4 is 52.5 Å². The lowest BCUT2D eigenvalue weighted by molar-refractivity contribution is -0.235. The van der Waals surface area contributed by atoms with Crippen LogP contribution in [-0.4, -0.2) is 76.9 Å². The van der Waals surface area contributed by atoms with Crippen LogP contribution < -0.4 is 15.5 Å². The third-order valence-corrected chi connectivity index (χ3v) is 10.3. The Morgan fingerprint density at radius 3 is 2.40 bits per heavy atom. The SMILES string of the molecule is CC(C)[C@@H](CNCCC(=O)N1CCC2=C(C1)C(=O)N(c1ccccc1)C(SC1CCC1)N2OC(=O)C(F)(F)F)Nc1ccc(Cl)cc1. The Morgan fingerprint density at radius 2 is 1.79 bits per heavy atom. The zero-order chi connectivity index (χ0) is 33.7. The van der Waals surface area contributed by atoms with E-state index in [1.54, 1.807) is 30.3 Å². The Labute approximate surface area is 281 Å². The first-order valence-electron chi connectivity index (χ1n) is 15.8. The summed E-state index contributed by atoms with van der Waals surface area (Å²) < 4.78 is 40.4. The number of thioether (sulfide) groups is 1. The van der Waals surface area contributed by atoms with Crippen molar-refractivity contribution in [3.63, 3.8) is 0 Å². The second-order valence-electron chi connectivity index (χ2n) is 12.2. The van der Waals surface area contributed by atoms with Gasteiger partial charge in [-0.25, -0.2) is 4.79 Å². The van der Waals surface area contributed by atoms with Crippen molar-refractivity contribution in [3.05, 3.63) is 70.9 Å². The topological polar surface area (TPSA) is 94.2 Å². The Kier molecular flexibility index (Phi) is 11.3.